The van der Waals surface area contributed by atoms with E-state index in [9.17, 15) is 13.2 Å². The van der Waals surface area contributed by atoms with Crippen LogP contribution in [0, 0.1) is 5.92 Å². The molecule has 1 N–H and O–H groups in total. The molecular weight excluding hydrogens is 442 g/mol. The average molecular weight is 470 g/mol. The average Bonchev–Trinajstić information content (AvgIpc) is 3.39. The third kappa shape index (κ3) is 5.07. The Hall–Kier alpha value is -3.24. The van der Waals surface area contributed by atoms with Gasteiger partial charge < -0.3 is 10.1 Å². The van der Waals surface area contributed by atoms with Crippen LogP contribution in [0.1, 0.15) is 31.4 Å². The summed E-state index contributed by atoms with van der Waals surface area (Å²) in [4.78, 5) is 17.1. The molecule has 0 radical (unpaired) electrons. The molecule has 1 aliphatic heterocycles. The molecule has 1 aliphatic rings. The number of rotatable bonds is 7. The number of piperidine rings is 1. The number of sulfonamides is 1. The predicted molar refractivity (Wildman–Crippen MR) is 122 cm³/mol. The van der Waals surface area contributed by atoms with Crippen molar-refractivity contribution in [1.82, 2.24) is 24.4 Å². The Labute approximate surface area is 193 Å². The molecular formula is C23H27N5O4S. The first kappa shape index (κ1) is 22.9. The van der Waals surface area contributed by atoms with Crippen molar-refractivity contribution in [1.29, 1.82) is 0 Å². The first-order valence-electron chi connectivity index (χ1n) is 10.8. The van der Waals surface area contributed by atoms with Crippen LogP contribution in [-0.4, -0.2) is 53.6 Å². The van der Waals surface area contributed by atoms with Crippen LogP contribution in [0.15, 0.2) is 66.1 Å². The van der Waals surface area contributed by atoms with Crippen molar-refractivity contribution in [2.45, 2.75) is 30.7 Å². The number of aromatic nitrogens is 3. The summed E-state index contributed by atoms with van der Waals surface area (Å²) >= 11 is 0. The van der Waals surface area contributed by atoms with Crippen molar-refractivity contribution in [3.63, 3.8) is 0 Å². The highest BCUT2D eigenvalue weighted by Crippen LogP contribution is 2.26. The maximum atomic E-state index is 13.1. The van der Waals surface area contributed by atoms with Crippen LogP contribution in [0.25, 0.3) is 5.69 Å². The molecule has 1 amide bonds. The van der Waals surface area contributed by atoms with Crippen LogP contribution in [0.3, 0.4) is 0 Å². The maximum Gasteiger partial charge on any atom is 0.243 e. The molecule has 0 saturated carbocycles. The summed E-state index contributed by atoms with van der Waals surface area (Å²) in [5.74, 6) is 0.0503. The summed E-state index contributed by atoms with van der Waals surface area (Å²) in [6, 6.07) is 13.8. The Morgan fingerprint density at radius 2 is 1.88 bits per heavy atom. The zero-order chi connectivity index (χ0) is 23.4. The van der Waals surface area contributed by atoms with Gasteiger partial charge in [0.05, 0.1) is 29.7 Å². The van der Waals surface area contributed by atoms with E-state index in [-0.39, 0.29) is 23.4 Å². The Kier molecular flexibility index (Phi) is 6.75. The Balaban J connectivity index is 1.39. The van der Waals surface area contributed by atoms with Crippen molar-refractivity contribution in [3.8, 4) is 11.4 Å². The van der Waals surface area contributed by atoms with Crippen LogP contribution in [0.5, 0.6) is 5.75 Å². The normalized spacial score (nSPS) is 17.9. The van der Waals surface area contributed by atoms with E-state index in [0.29, 0.717) is 25.1 Å². The van der Waals surface area contributed by atoms with E-state index in [1.54, 1.807) is 23.1 Å². The van der Waals surface area contributed by atoms with Crippen molar-refractivity contribution in [2.24, 2.45) is 5.92 Å². The first-order valence-corrected chi connectivity index (χ1v) is 12.2. The highest BCUT2D eigenvalue weighted by molar-refractivity contribution is 7.89. The van der Waals surface area contributed by atoms with Gasteiger partial charge in [0.15, 0.2) is 0 Å². The monoisotopic (exact) mass is 469 g/mol. The predicted octanol–water partition coefficient (Wildman–Crippen LogP) is 2.55. The molecule has 1 saturated heterocycles. The molecule has 10 heteroatoms. The van der Waals surface area contributed by atoms with Gasteiger partial charge in [-0.2, -0.15) is 9.40 Å². The number of benzene rings is 2. The van der Waals surface area contributed by atoms with Gasteiger partial charge in [-0.05, 0) is 61.7 Å². The molecule has 0 aliphatic carbocycles. The number of hydrogen-bond acceptors (Lipinski definition) is 6. The minimum Gasteiger partial charge on any atom is -0.497 e. The SMILES string of the molecule is COc1ccc(S(=O)(=O)N2CCCC(C(=O)NC(C)c3ccc(-n4cncn4)cc3)C2)cc1. The standard InChI is InChI=1S/C23H27N5O4S/c1-17(18-5-7-20(8-6-18)28-16-24-15-25-28)26-23(29)19-4-3-13-27(14-19)33(30,31)22-11-9-21(32-2)10-12-22/h5-12,15-17,19H,3-4,13-14H2,1-2H3,(H,26,29). The van der Waals surface area contributed by atoms with Gasteiger partial charge in [0, 0.05) is 13.1 Å². The molecule has 3 aromatic rings. The van der Waals surface area contributed by atoms with Gasteiger partial charge in [-0.15, -0.1) is 0 Å². The highest BCUT2D eigenvalue weighted by atomic mass is 32.2. The smallest absolute Gasteiger partial charge is 0.243 e. The van der Waals surface area contributed by atoms with Gasteiger partial charge in [0.25, 0.3) is 0 Å². The summed E-state index contributed by atoms with van der Waals surface area (Å²) in [7, 11) is -2.14. The first-order chi connectivity index (χ1) is 15.9. The minimum atomic E-state index is -3.68. The number of carbonyl (C=O) groups excluding carboxylic acids is 1. The largest absolute Gasteiger partial charge is 0.497 e. The Bertz CT molecular complexity index is 1180. The van der Waals surface area contributed by atoms with Crippen molar-refractivity contribution in [2.75, 3.05) is 20.2 Å². The molecule has 4 rings (SSSR count). The van der Waals surface area contributed by atoms with Gasteiger partial charge in [-0.3, -0.25) is 4.79 Å². The van der Waals surface area contributed by atoms with E-state index in [1.165, 1.54) is 29.9 Å². The fourth-order valence-corrected chi connectivity index (χ4v) is 5.47. The maximum absolute atomic E-state index is 13.1. The molecule has 0 bridgehead atoms. The zero-order valence-corrected chi connectivity index (χ0v) is 19.4. The number of nitrogens with one attached hydrogen (secondary N) is 1. The second-order valence-corrected chi connectivity index (χ2v) is 9.98. The molecule has 33 heavy (non-hydrogen) atoms. The van der Waals surface area contributed by atoms with E-state index in [0.717, 1.165) is 11.3 Å². The quantitative estimate of drug-likeness (QED) is 0.570. The van der Waals surface area contributed by atoms with Crippen LogP contribution in [0.4, 0.5) is 0 Å². The van der Waals surface area contributed by atoms with Crippen molar-refractivity contribution in [3.05, 3.63) is 66.7 Å². The van der Waals surface area contributed by atoms with Crippen LogP contribution >= 0.6 is 0 Å². The van der Waals surface area contributed by atoms with Crippen LogP contribution < -0.4 is 10.1 Å². The van der Waals surface area contributed by atoms with Crippen molar-refractivity contribution < 1.29 is 17.9 Å². The molecule has 9 nitrogen and oxygen atoms in total. The van der Waals surface area contributed by atoms with Gasteiger partial charge >= 0.3 is 0 Å². The lowest BCUT2D eigenvalue weighted by molar-refractivity contribution is -0.126. The van der Waals surface area contributed by atoms with E-state index in [2.05, 4.69) is 15.4 Å². The van der Waals surface area contributed by atoms with Gasteiger partial charge in [-0.1, -0.05) is 12.1 Å². The second kappa shape index (κ2) is 9.72. The van der Waals surface area contributed by atoms with Gasteiger partial charge in [-0.25, -0.2) is 18.1 Å². The lowest BCUT2D eigenvalue weighted by Crippen LogP contribution is -2.45. The molecule has 174 valence electrons. The molecule has 0 spiro atoms. The zero-order valence-electron chi connectivity index (χ0n) is 18.6. The molecule has 1 fully saturated rings. The summed E-state index contributed by atoms with van der Waals surface area (Å²) in [6.45, 7) is 2.48. The third-order valence-corrected chi connectivity index (χ3v) is 7.77. The highest BCUT2D eigenvalue weighted by Gasteiger charge is 2.33. The number of ether oxygens (including phenoxy) is 1. The Morgan fingerprint density at radius 1 is 1.15 bits per heavy atom. The van der Waals surface area contributed by atoms with Crippen molar-refractivity contribution >= 4 is 15.9 Å². The summed E-state index contributed by atoms with van der Waals surface area (Å²) < 4.78 is 34.3. The summed E-state index contributed by atoms with van der Waals surface area (Å²) in [5.41, 5.74) is 1.83. The number of hydrogen-bond donors (Lipinski definition) is 1. The molecule has 2 aromatic carbocycles. The lowest BCUT2D eigenvalue weighted by Gasteiger charge is -2.32. The third-order valence-electron chi connectivity index (χ3n) is 5.89. The van der Waals surface area contributed by atoms with Gasteiger partial charge in [0.2, 0.25) is 15.9 Å². The van der Waals surface area contributed by atoms with E-state index in [4.69, 9.17) is 4.74 Å². The number of methoxy groups -OCH3 is 1. The molecule has 1 aromatic heterocycles. The lowest BCUT2D eigenvalue weighted by atomic mass is 9.98. The minimum absolute atomic E-state index is 0.141. The summed E-state index contributed by atoms with van der Waals surface area (Å²) in [6.07, 6.45) is 4.38. The number of amides is 1. The molecule has 2 heterocycles. The Morgan fingerprint density at radius 3 is 2.52 bits per heavy atom. The fourth-order valence-electron chi connectivity index (χ4n) is 3.94. The van der Waals surface area contributed by atoms with Crippen LogP contribution in [-0.2, 0) is 14.8 Å². The number of nitrogens with zero attached hydrogens (tertiary/aromatic N) is 4. The van der Waals surface area contributed by atoms with E-state index in [1.807, 2.05) is 31.2 Å². The second-order valence-electron chi connectivity index (χ2n) is 8.04. The van der Waals surface area contributed by atoms with E-state index < -0.39 is 15.9 Å². The fraction of sp³-hybridized carbons (Fsp3) is 0.348. The number of carbonyl (C=O) groups is 1. The van der Waals surface area contributed by atoms with Gasteiger partial charge in [0.1, 0.15) is 18.4 Å². The summed E-state index contributed by atoms with van der Waals surface area (Å²) in [5, 5.41) is 7.14. The molecule has 2 unspecified atom stereocenters. The topological polar surface area (TPSA) is 106 Å². The molecule has 2 atom stereocenters. The van der Waals surface area contributed by atoms with Crippen LogP contribution in [0.2, 0.25) is 0 Å². The van der Waals surface area contributed by atoms with E-state index >= 15 is 0 Å².